The zero-order valence-electron chi connectivity index (χ0n) is 21.3. The summed E-state index contributed by atoms with van der Waals surface area (Å²) in [7, 11) is 0. The van der Waals surface area contributed by atoms with Crippen molar-refractivity contribution >= 4 is 29.8 Å². The van der Waals surface area contributed by atoms with Crippen molar-refractivity contribution in [1.29, 1.82) is 0 Å². The van der Waals surface area contributed by atoms with Gasteiger partial charge in [-0.25, -0.2) is 4.79 Å². The molecule has 0 aliphatic heterocycles. The van der Waals surface area contributed by atoms with E-state index in [0.717, 1.165) is 23.4 Å². The average molecular weight is 489 g/mol. The molecular weight excluding hydrogens is 448 g/mol. The Kier molecular flexibility index (Phi) is 13.8. The van der Waals surface area contributed by atoms with Crippen LogP contribution in [-0.2, 0) is 9.53 Å². The Hall–Kier alpha value is -2.74. The number of amides is 2. The summed E-state index contributed by atoms with van der Waals surface area (Å²) in [4.78, 5) is 30.0. The second-order valence-corrected chi connectivity index (χ2v) is 9.41. The summed E-state index contributed by atoms with van der Waals surface area (Å²) in [6, 6.07) is -0.810. The standard InChI is InChI=1S/C26H40N4O3S/c1-7-14-20(3)23(30-34-19-8-2)27-17-13-18-28-24(31)22(21-15-11-9-10-12-16-21)29-25(32)33-26(4,5)6/h8-12,14-15,19,22H,7,13,16-18H2,1-6H3,(H,27,30)(H,28,31)(H,29,32)/b19-8+,20-14+/t22-/m0/s1. The minimum absolute atomic E-state index is 0.270. The van der Waals surface area contributed by atoms with Crippen LogP contribution in [0.4, 0.5) is 4.79 Å². The smallest absolute Gasteiger partial charge is 0.408 e. The van der Waals surface area contributed by atoms with Crippen molar-refractivity contribution in [2.75, 3.05) is 13.1 Å². The molecule has 34 heavy (non-hydrogen) atoms. The number of carbonyl (C=O) groups is 2. The topological polar surface area (TPSA) is 91.8 Å². The number of amidine groups is 1. The van der Waals surface area contributed by atoms with Crippen LogP contribution in [0.3, 0.4) is 0 Å². The van der Waals surface area contributed by atoms with E-state index < -0.39 is 17.7 Å². The predicted octanol–water partition coefficient (Wildman–Crippen LogP) is 5.35. The third-order valence-electron chi connectivity index (χ3n) is 4.46. The first-order valence-corrected chi connectivity index (χ1v) is 12.6. The molecule has 1 aliphatic rings. The van der Waals surface area contributed by atoms with Crippen LogP contribution in [0.25, 0.3) is 0 Å². The highest BCUT2D eigenvalue weighted by Crippen LogP contribution is 2.14. The highest BCUT2D eigenvalue weighted by atomic mass is 32.2. The monoisotopic (exact) mass is 488 g/mol. The number of hydrogen-bond donors (Lipinski definition) is 3. The van der Waals surface area contributed by atoms with Gasteiger partial charge in [0, 0.05) is 13.1 Å². The van der Waals surface area contributed by atoms with Crippen molar-refractivity contribution < 1.29 is 14.3 Å². The molecule has 1 rings (SSSR count). The second-order valence-electron chi connectivity index (χ2n) is 8.70. The number of carbonyl (C=O) groups excluding carboxylic acids is 2. The van der Waals surface area contributed by atoms with Crippen molar-refractivity contribution in [3.63, 3.8) is 0 Å². The fraction of sp³-hybridized carbons (Fsp3) is 0.500. The fourth-order valence-corrected chi connectivity index (χ4v) is 3.48. The Bertz CT molecular complexity index is 849. The molecule has 0 bridgehead atoms. The number of aliphatic imine (C=N–C) groups is 1. The molecule has 0 unspecified atom stereocenters. The molecule has 8 heteroatoms. The maximum atomic E-state index is 13.0. The van der Waals surface area contributed by atoms with Gasteiger partial charge in [0.25, 0.3) is 0 Å². The molecule has 1 atom stereocenters. The van der Waals surface area contributed by atoms with Crippen molar-refractivity contribution in [2.45, 2.75) is 72.4 Å². The number of allylic oxidation sites excluding steroid dienone is 7. The van der Waals surface area contributed by atoms with Gasteiger partial charge >= 0.3 is 6.09 Å². The molecule has 0 fully saturated rings. The van der Waals surface area contributed by atoms with Crippen molar-refractivity contribution in [3.8, 4) is 0 Å². The van der Waals surface area contributed by atoms with Crippen LogP contribution in [0.2, 0.25) is 0 Å². The summed E-state index contributed by atoms with van der Waals surface area (Å²) < 4.78 is 8.62. The molecule has 2 amide bonds. The summed E-state index contributed by atoms with van der Waals surface area (Å²) in [5.74, 6) is 0.566. The average Bonchev–Trinajstić information content (AvgIpc) is 3.04. The van der Waals surface area contributed by atoms with E-state index in [1.807, 2.05) is 55.7 Å². The Morgan fingerprint density at radius 2 is 2.03 bits per heavy atom. The molecule has 7 nitrogen and oxygen atoms in total. The summed E-state index contributed by atoms with van der Waals surface area (Å²) in [6.45, 7) is 12.5. The molecule has 0 aromatic heterocycles. The van der Waals surface area contributed by atoms with Crippen molar-refractivity contribution in [3.05, 3.63) is 59.1 Å². The van der Waals surface area contributed by atoms with Gasteiger partial charge in [0.1, 0.15) is 17.5 Å². The van der Waals surface area contributed by atoms with E-state index in [1.165, 1.54) is 11.9 Å². The number of nitrogens with one attached hydrogen (secondary N) is 3. The Morgan fingerprint density at radius 3 is 2.71 bits per heavy atom. The molecule has 0 heterocycles. The molecule has 3 N–H and O–H groups in total. The minimum atomic E-state index is -0.810. The fourth-order valence-electron chi connectivity index (χ4n) is 2.94. The summed E-state index contributed by atoms with van der Waals surface area (Å²) in [6.07, 6.45) is 15.1. The summed E-state index contributed by atoms with van der Waals surface area (Å²) in [5.41, 5.74) is 1.23. The van der Waals surface area contributed by atoms with E-state index in [1.54, 1.807) is 20.8 Å². The molecule has 188 valence electrons. The first kappa shape index (κ1) is 29.3. The number of nitrogens with zero attached hydrogens (tertiary/aromatic N) is 1. The highest BCUT2D eigenvalue weighted by Gasteiger charge is 2.26. The van der Waals surface area contributed by atoms with Gasteiger partial charge < -0.3 is 20.1 Å². The van der Waals surface area contributed by atoms with Gasteiger partial charge in [0.2, 0.25) is 5.91 Å². The predicted molar refractivity (Wildman–Crippen MR) is 144 cm³/mol. The number of alkyl carbamates (subject to hydrolysis) is 1. The van der Waals surface area contributed by atoms with Gasteiger partial charge in [0.15, 0.2) is 0 Å². The molecule has 0 saturated carbocycles. The highest BCUT2D eigenvalue weighted by molar-refractivity contribution is 8.00. The zero-order valence-corrected chi connectivity index (χ0v) is 22.1. The summed E-state index contributed by atoms with van der Waals surface area (Å²) in [5, 5.41) is 7.61. The van der Waals surface area contributed by atoms with Crippen molar-refractivity contribution in [1.82, 2.24) is 15.4 Å². The van der Waals surface area contributed by atoms with Gasteiger partial charge in [-0.3, -0.25) is 9.79 Å². The lowest BCUT2D eigenvalue weighted by atomic mass is 10.0. The largest absolute Gasteiger partial charge is 0.444 e. The van der Waals surface area contributed by atoms with Gasteiger partial charge in [-0.15, -0.1) is 0 Å². The van der Waals surface area contributed by atoms with E-state index in [2.05, 4.69) is 33.3 Å². The molecule has 0 aromatic carbocycles. The molecule has 0 aromatic rings. The second kappa shape index (κ2) is 16.0. The quantitative estimate of drug-likeness (QED) is 0.158. The van der Waals surface area contributed by atoms with Gasteiger partial charge in [0.05, 0.1) is 0 Å². The van der Waals surface area contributed by atoms with Gasteiger partial charge in [-0.05, 0) is 82.4 Å². The molecule has 0 spiro atoms. The number of hydrogen-bond acceptors (Lipinski definition) is 5. The molecule has 0 saturated heterocycles. The lowest BCUT2D eigenvalue weighted by molar-refractivity contribution is -0.122. The van der Waals surface area contributed by atoms with Gasteiger partial charge in [-0.1, -0.05) is 49.5 Å². The van der Waals surface area contributed by atoms with E-state index in [4.69, 9.17) is 4.74 Å². The van der Waals surface area contributed by atoms with Crippen LogP contribution >= 0.6 is 11.9 Å². The lowest BCUT2D eigenvalue weighted by Crippen LogP contribution is -2.49. The normalized spacial score (nSPS) is 15.5. The van der Waals surface area contributed by atoms with Crippen LogP contribution in [0.1, 0.15) is 60.8 Å². The first-order valence-electron chi connectivity index (χ1n) is 11.7. The Labute approximate surface area is 209 Å². The van der Waals surface area contributed by atoms with Crippen LogP contribution in [0, 0.1) is 0 Å². The maximum Gasteiger partial charge on any atom is 0.408 e. The lowest BCUT2D eigenvalue weighted by Gasteiger charge is -2.24. The van der Waals surface area contributed by atoms with Crippen LogP contribution < -0.4 is 15.4 Å². The zero-order chi connectivity index (χ0) is 25.4. The van der Waals surface area contributed by atoms with Crippen LogP contribution in [-0.4, -0.2) is 42.6 Å². The van der Waals surface area contributed by atoms with E-state index in [9.17, 15) is 9.59 Å². The SMILES string of the molecule is C/C=C/SNC(=NCCCNC(=O)[C@@H](NC(=O)OC(C)(C)C)C1=CC=CC=CC1)/C(C)=C/CC. The number of rotatable bonds is 11. The van der Waals surface area contributed by atoms with E-state index in [0.29, 0.717) is 25.9 Å². The Morgan fingerprint density at radius 1 is 1.26 bits per heavy atom. The van der Waals surface area contributed by atoms with E-state index in [-0.39, 0.29) is 5.91 Å². The van der Waals surface area contributed by atoms with E-state index >= 15 is 0 Å². The van der Waals surface area contributed by atoms with Gasteiger partial charge in [-0.2, -0.15) is 0 Å². The Balaban J connectivity index is 2.75. The van der Waals surface area contributed by atoms with Crippen LogP contribution in [0.5, 0.6) is 0 Å². The molecule has 0 radical (unpaired) electrons. The first-order chi connectivity index (χ1) is 16.2. The third kappa shape index (κ3) is 12.5. The molecular formula is C26H40N4O3S. The van der Waals surface area contributed by atoms with Crippen molar-refractivity contribution in [2.24, 2.45) is 4.99 Å². The summed E-state index contributed by atoms with van der Waals surface area (Å²) >= 11 is 1.47. The molecule has 1 aliphatic carbocycles. The maximum absolute atomic E-state index is 13.0. The van der Waals surface area contributed by atoms with Crippen LogP contribution in [0.15, 0.2) is 64.1 Å². The minimum Gasteiger partial charge on any atom is -0.444 e. The third-order valence-corrected chi connectivity index (χ3v) is 5.18. The number of ether oxygens (including phenoxy) is 1.